The van der Waals surface area contributed by atoms with E-state index in [0.29, 0.717) is 38.0 Å². The Morgan fingerprint density at radius 1 is 0.545 bits per heavy atom. The molecule has 6 rings (SSSR count). The zero-order valence-corrected chi connectivity index (χ0v) is 33.6. The van der Waals surface area contributed by atoms with Crippen LogP contribution in [0.2, 0.25) is 0 Å². The van der Waals surface area contributed by atoms with Crippen LogP contribution in [0.3, 0.4) is 0 Å². The Morgan fingerprint density at radius 3 is 1.38 bits per heavy atom. The highest BCUT2D eigenvalue weighted by molar-refractivity contribution is 5.88. The van der Waals surface area contributed by atoms with Crippen LogP contribution in [0.4, 0.5) is 0 Å². The van der Waals surface area contributed by atoms with Gasteiger partial charge in [-0.15, -0.1) is 0 Å². The minimum Gasteiger partial charge on any atom is -0.466 e. The lowest BCUT2D eigenvalue weighted by Gasteiger charge is -2.29. The van der Waals surface area contributed by atoms with Gasteiger partial charge in [-0.1, -0.05) is 148 Å². The summed E-state index contributed by atoms with van der Waals surface area (Å²) >= 11 is 0. The van der Waals surface area contributed by atoms with Crippen molar-refractivity contribution in [2.45, 2.75) is 105 Å². The number of carbonyl (C=O) groups excluding carboxylic acids is 3. The lowest BCUT2D eigenvalue weighted by atomic mass is 9.94. The molecule has 5 atom stereocenters. The van der Waals surface area contributed by atoms with Gasteiger partial charge in [0.1, 0.15) is 5.78 Å². The van der Waals surface area contributed by atoms with Gasteiger partial charge in [0.2, 0.25) is 0 Å². The highest BCUT2D eigenvalue weighted by Crippen LogP contribution is 2.39. The molecule has 2 aliphatic rings. The Morgan fingerprint density at radius 2 is 0.964 bits per heavy atom. The fraction of sp³-hybridized carbons (Fsp3) is 0.449. The first kappa shape index (κ1) is 43.2. The van der Waals surface area contributed by atoms with E-state index in [0.717, 1.165) is 38.8 Å². The maximum Gasteiger partial charge on any atom is 0.309 e. The molecule has 294 valence electrons. The van der Waals surface area contributed by atoms with Gasteiger partial charge < -0.3 is 9.47 Å². The van der Waals surface area contributed by atoms with Crippen molar-refractivity contribution in [3.8, 4) is 0 Å². The van der Waals surface area contributed by atoms with Crippen molar-refractivity contribution in [3.63, 3.8) is 0 Å². The van der Waals surface area contributed by atoms with E-state index in [-0.39, 0.29) is 35.5 Å². The molecular formula is C49H63NO5. The third-order valence-corrected chi connectivity index (χ3v) is 11.0. The van der Waals surface area contributed by atoms with Crippen molar-refractivity contribution >= 4 is 17.7 Å². The standard InChI is InChI=1S/C24H31NO2.C15H16.C10H16O3/c1-3-21-15-22(16-23(21)24(26)27-4-2)25(17-19-11-7-5-8-12-19)18-20-13-9-6-10-14-20;1-3-8-14(9-4-1)12-7-13-15-10-5-2-6-11-15;1-3-7-5-8(11)6-9(7)10(12)13-4-2/h5-14,21-23H,3-4,15-18H2,1-2H3;1-6,8-11H,7,12-13H2;7,9H,3-6H2,1-2H3. The Kier molecular flexibility index (Phi) is 18.9. The second-order valence-electron chi connectivity index (χ2n) is 14.8. The van der Waals surface area contributed by atoms with Crippen LogP contribution in [-0.2, 0) is 49.8 Å². The van der Waals surface area contributed by atoms with Crippen molar-refractivity contribution in [2.24, 2.45) is 23.7 Å². The van der Waals surface area contributed by atoms with E-state index in [9.17, 15) is 14.4 Å². The predicted molar refractivity (Wildman–Crippen MR) is 222 cm³/mol. The maximum atomic E-state index is 12.5. The van der Waals surface area contributed by atoms with Gasteiger partial charge in [-0.05, 0) is 80.0 Å². The normalized spacial score (nSPS) is 20.2. The molecule has 6 nitrogen and oxygen atoms in total. The average molecular weight is 746 g/mol. The van der Waals surface area contributed by atoms with E-state index in [1.54, 1.807) is 6.92 Å². The van der Waals surface area contributed by atoms with E-state index >= 15 is 0 Å². The number of aryl methyl sites for hydroxylation is 2. The monoisotopic (exact) mass is 745 g/mol. The zero-order valence-electron chi connectivity index (χ0n) is 33.6. The molecule has 2 aliphatic carbocycles. The number of ether oxygens (including phenoxy) is 2. The molecule has 55 heavy (non-hydrogen) atoms. The summed E-state index contributed by atoms with van der Waals surface area (Å²) in [6, 6.07) is 43.0. The van der Waals surface area contributed by atoms with Gasteiger partial charge in [0.05, 0.1) is 25.0 Å². The van der Waals surface area contributed by atoms with Gasteiger partial charge >= 0.3 is 11.9 Å². The minimum absolute atomic E-state index is 0.00813. The molecule has 0 saturated heterocycles. The van der Waals surface area contributed by atoms with Crippen molar-refractivity contribution < 1.29 is 23.9 Å². The highest BCUT2D eigenvalue weighted by atomic mass is 16.5. The van der Waals surface area contributed by atoms with Gasteiger partial charge in [0.15, 0.2) is 0 Å². The lowest BCUT2D eigenvalue weighted by Crippen LogP contribution is -2.33. The van der Waals surface area contributed by atoms with E-state index in [1.165, 1.54) is 41.5 Å². The molecule has 6 heteroatoms. The van der Waals surface area contributed by atoms with Gasteiger partial charge in [-0.2, -0.15) is 0 Å². The third-order valence-electron chi connectivity index (χ3n) is 11.0. The fourth-order valence-corrected chi connectivity index (χ4v) is 8.00. The summed E-state index contributed by atoms with van der Waals surface area (Å²) in [6.45, 7) is 10.6. The summed E-state index contributed by atoms with van der Waals surface area (Å²) in [6.07, 6.45) is 8.41. The van der Waals surface area contributed by atoms with Crippen LogP contribution >= 0.6 is 0 Å². The number of rotatable bonds is 15. The number of ketones is 1. The second kappa shape index (κ2) is 24.1. The topological polar surface area (TPSA) is 72.9 Å². The van der Waals surface area contributed by atoms with E-state index in [4.69, 9.17) is 9.47 Å². The van der Waals surface area contributed by atoms with E-state index < -0.39 is 0 Å². The molecule has 0 N–H and O–H groups in total. The lowest BCUT2D eigenvalue weighted by molar-refractivity contribution is -0.150. The quantitative estimate of drug-likeness (QED) is 0.113. The molecular weight excluding hydrogens is 683 g/mol. The molecule has 0 heterocycles. The van der Waals surface area contributed by atoms with Crippen LogP contribution in [-0.4, -0.2) is 41.9 Å². The molecule has 5 unspecified atom stereocenters. The summed E-state index contributed by atoms with van der Waals surface area (Å²) in [5.41, 5.74) is 5.52. The first-order valence-corrected chi connectivity index (χ1v) is 20.6. The molecule has 2 fully saturated rings. The molecule has 0 radical (unpaired) electrons. The van der Waals surface area contributed by atoms with Crippen LogP contribution in [0.15, 0.2) is 121 Å². The summed E-state index contributed by atoms with van der Waals surface area (Å²) in [5, 5.41) is 0. The summed E-state index contributed by atoms with van der Waals surface area (Å²) < 4.78 is 10.3. The molecule has 0 spiro atoms. The second-order valence-corrected chi connectivity index (χ2v) is 14.8. The summed E-state index contributed by atoms with van der Waals surface area (Å²) in [4.78, 5) is 37.5. The van der Waals surface area contributed by atoms with Crippen LogP contribution in [0.1, 0.15) is 94.9 Å². The van der Waals surface area contributed by atoms with Crippen molar-refractivity contribution in [1.82, 2.24) is 4.90 Å². The number of hydrogen-bond donors (Lipinski definition) is 0. The number of nitrogens with zero attached hydrogens (tertiary/aromatic N) is 1. The van der Waals surface area contributed by atoms with Crippen molar-refractivity contribution in [1.29, 1.82) is 0 Å². The number of hydrogen-bond acceptors (Lipinski definition) is 6. The van der Waals surface area contributed by atoms with Gasteiger partial charge in [0.25, 0.3) is 0 Å². The Labute approximate surface area is 330 Å². The first-order valence-electron chi connectivity index (χ1n) is 20.6. The zero-order chi connectivity index (χ0) is 39.3. The average Bonchev–Trinajstić information content (AvgIpc) is 3.84. The molecule has 4 aromatic carbocycles. The number of carbonyl (C=O) groups is 3. The van der Waals surface area contributed by atoms with E-state index in [1.807, 2.05) is 13.8 Å². The number of benzene rings is 4. The summed E-state index contributed by atoms with van der Waals surface area (Å²) in [5.74, 6) is 0.498. The molecule has 0 aliphatic heterocycles. The van der Waals surface area contributed by atoms with E-state index in [2.05, 4.69) is 133 Å². The van der Waals surface area contributed by atoms with Crippen LogP contribution in [0, 0.1) is 23.7 Å². The maximum absolute atomic E-state index is 12.5. The van der Waals surface area contributed by atoms with Gasteiger partial charge in [0, 0.05) is 32.0 Å². The Bertz CT molecular complexity index is 1580. The van der Waals surface area contributed by atoms with Crippen LogP contribution in [0.5, 0.6) is 0 Å². The molecule has 2 saturated carbocycles. The number of Topliss-reactive ketones (excluding diaryl/α,β-unsaturated/α-hetero) is 1. The first-order chi connectivity index (χ1) is 26.8. The Balaban J connectivity index is 0.000000202. The van der Waals surface area contributed by atoms with Crippen LogP contribution in [0.25, 0.3) is 0 Å². The fourth-order valence-electron chi connectivity index (χ4n) is 8.00. The van der Waals surface area contributed by atoms with Gasteiger partial charge in [-0.3, -0.25) is 19.3 Å². The predicted octanol–water partition coefficient (Wildman–Crippen LogP) is 10.5. The highest BCUT2D eigenvalue weighted by Gasteiger charge is 2.41. The molecule has 4 aromatic rings. The molecule has 0 amide bonds. The van der Waals surface area contributed by atoms with Crippen molar-refractivity contribution in [2.75, 3.05) is 13.2 Å². The minimum atomic E-state index is -0.194. The molecule has 0 bridgehead atoms. The van der Waals surface area contributed by atoms with Gasteiger partial charge in [-0.25, -0.2) is 0 Å². The third kappa shape index (κ3) is 14.6. The number of esters is 2. The molecule has 0 aromatic heterocycles. The Hall–Kier alpha value is -4.55. The van der Waals surface area contributed by atoms with Crippen LogP contribution < -0.4 is 0 Å². The SMILES string of the molecule is CCOC(=O)C1CC(=O)CC1CC.CCOC(=O)C1CC(N(Cc2ccccc2)Cc2ccccc2)CC1CC.c1ccc(CCCc2ccccc2)cc1. The summed E-state index contributed by atoms with van der Waals surface area (Å²) in [7, 11) is 0. The largest absolute Gasteiger partial charge is 0.466 e. The van der Waals surface area contributed by atoms with Crippen molar-refractivity contribution in [3.05, 3.63) is 144 Å². The smallest absolute Gasteiger partial charge is 0.309 e.